The van der Waals surface area contributed by atoms with E-state index < -0.39 is 0 Å². The quantitative estimate of drug-likeness (QED) is 0.682. The fourth-order valence-corrected chi connectivity index (χ4v) is 1.81. The lowest BCUT2D eigenvalue weighted by Crippen LogP contribution is -2.30. The van der Waals surface area contributed by atoms with Gasteiger partial charge in [-0.05, 0) is 26.4 Å². The van der Waals surface area contributed by atoms with Crippen molar-refractivity contribution in [2.24, 2.45) is 0 Å². The van der Waals surface area contributed by atoms with Crippen molar-refractivity contribution in [1.82, 2.24) is 14.9 Å². The van der Waals surface area contributed by atoms with E-state index in [0.717, 1.165) is 30.2 Å². The summed E-state index contributed by atoms with van der Waals surface area (Å²) in [6, 6.07) is 0. The molecule has 12 heavy (non-hydrogen) atoms. The van der Waals surface area contributed by atoms with Crippen molar-refractivity contribution in [3.8, 4) is 0 Å². The molecule has 1 fully saturated rings. The number of likely N-dealkylation sites (N-methyl/N-ethyl adjacent to an activating group) is 1. The van der Waals surface area contributed by atoms with Crippen LogP contribution in [-0.4, -0.2) is 35.0 Å². The van der Waals surface area contributed by atoms with E-state index in [-0.39, 0.29) is 6.30 Å². The Hall–Kier alpha value is -0.830. The molecule has 0 bridgehead atoms. The molecule has 1 aliphatic rings. The van der Waals surface area contributed by atoms with Crippen LogP contribution in [0.4, 0.5) is 0 Å². The van der Waals surface area contributed by atoms with Crippen molar-refractivity contribution in [2.45, 2.75) is 18.8 Å². The lowest BCUT2D eigenvalue weighted by molar-refractivity contribution is 0.249. The van der Waals surface area contributed by atoms with Gasteiger partial charge in [-0.2, -0.15) is 0 Å². The van der Waals surface area contributed by atoms with Crippen LogP contribution in [0.1, 0.15) is 25.8 Å². The molecule has 1 unspecified atom stereocenters. The summed E-state index contributed by atoms with van der Waals surface area (Å²) < 4.78 is 14.7. The molecule has 1 aromatic rings. The molecule has 3 heteroatoms. The lowest BCUT2D eigenvalue weighted by Gasteiger charge is -2.28. The molecular formula is C9H15N3. The molecular weight excluding hydrogens is 150 g/mol. The SMILES string of the molecule is [2H]c1nc(C2CCCN(C)C2)cn1[2H]. The number of nitrogens with zero attached hydrogens (tertiary/aromatic N) is 2. The molecule has 0 spiro atoms. The molecule has 2 heterocycles. The average Bonchev–Trinajstić information content (AvgIpc) is 2.47. The van der Waals surface area contributed by atoms with E-state index in [1.165, 1.54) is 6.42 Å². The highest BCUT2D eigenvalue weighted by molar-refractivity contribution is 5.05. The van der Waals surface area contributed by atoms with Gasteiger partial charge in [0.25, 0.3) is 0 Å². The van der Waals surface area contributed by atoms with Crippen LogP contribution in [0.5, 0.6) is 0 Å². The van der Waals surface area contributed by atoms with E-state index in [9.17, 15) is 0 Å². The summed E-state index contributed by atoms with van der Waals surface area (Å²) in [4.78, 5) is 7.39. The van der Waals surface area contributed by atoms with Gasteiger partial charge >= 0.3 is 0 Å². The van der Waals surface area contributed by atoms with Gasteiger partial charge in [-0.25, -0.2) is 4.98 Å². The summed E-state index contributed by atoms with van der Waals surface area (Å²) in [5.74, 6) is 0.407. The number of rotatable bonds is 1. The van der Waals surface area contributed by atoms with Crippen LogP contribution >= 0.6 is 0 Å². The minimum absolute atomic E-state index is 0.0354. The zero-order valence-corrected chi connectivity index (χ0v) is 7.32. The van der Waals surface area contributed by atoms with Crippen LogP contribution in [0.25, 0.3) is 0 Å². The highest BCUT2D eigenvalue weighted by Crippen LogP contribution is 2.23. The molecule has 66 valence electrons. The van der Waals surface area contributed by atoms with E-state index in [2.05, 4.69) is 16.9 Å². The Kier molecular flexibility index (Phi) is 1.57. The number of hydrogen-bond donors (Lipinski definition) is 1. The molecule has 1 aromatic heterocycles. The fraction of sp³-hybridized carbons (Fsp3) is 0.667. The molecule has 0 radical (unpaired) electrons. The summed E-state index contributed by atoms with van der Waals surface area (Å²) in [5, 5.41) is 0. The second kappa shape index (κ2) is 3.27. The predicted octanol–water partition coefficient (Wildman–Crippen LogP) is 1.22. The average molecular weight is 167 g/mol. The van der Waals surface area contributed by atoms with E-state index in [1.54, 1.807) is 6.20 Å². The van der Waals surface area contributed by atoms with Gasteiger partial charge < -0.3 is 9.88 Å². The summed E-state index contributed by atoms with van der Waals surface area (Å²) in [7, 11) is 2.10. The Labute approximate surface area is 75.7 Å². The first-order valence-electron chi connectivity index (χ1n) is 5.35. The maximum absolute atomic E-state index is 7.36. The number of hydrogen-bond acceptors (Lipinski definition) is 2. The van der Waals surface area contributed by atoms with E-state index in [0.29, 0.717) is 5.92 Å². The van der Waals surface area contributed by atoms with Crippen molar-refractivity contribution in [2.75, 3.05) is 20.1 Å². The standard InChI is InChI=1S/C9H15N3/c1-12-4-2-3-8(6-12)9-5-10-7-11-9/h5,7-8H,2-4,6H2,1H3,(H,10,11)/i7D/hD. The Morgan fingerprint density at radius 3 is 3.50 bits per heavy atom. The minimum atomic E-state index is 0.0354. The topological polar surface area (TPSA) is 31.9 Å². The summed E-state index contributed by atoms with van der Waals surface area (Å²) in [6.07, 6.45) is 4.00. The van der Waals surface area contributed by atoms with Crippen molar-refractivity contribution in [1.29, 1.82) is 0 Å². The maximum atomic E-state index is 7.36. The highest BCUT2D eigenvalue weighted by atomic mass is 15.1. The van der Waals surface area contributed by atoms with E-state index in [1.807, 2.05) is 0 Å². The van der Waals surface area contributed by atoms with Crippen LogP contribution in [0.2, 0.25) is 1.41 Å². The number of aromatic nitrogens is 2. The van der Waals surface area contributed by atoms with Gasteiger partial charge in [-0.1, -0.05) is 0 Å². The normalized spacial score (nSPS) is 28.2. The van der Waals surface area contributed by atoms with Crippen molar-refractivity contribution < 1.29 is 2.78 Å². The van der Waals surface area contributed by atoms with Crippen LogP contribution in [-0.2, 0) is 0 Å². The second-order valence-corrected chi connectivity index (χ2v) is 3.50. The molecule has 1 N–H and O–H groups in total. The Morgan fingerprint density at radius 1 is 1.92 bits per heavy atom. The van der Waals surface area contributed by atoms with Gasteiger partial charge in [0, 0.05) is 18.7 Å². The van der Waals surface area contributed by atoms with Crippen LogP contribution < -0.4 is 0 Å². The third-order valence-electron chi connectivity index (χ3n) is 2.48. The van der Waals surface area contributed by atoms with E-state index >= 15 is 0 Å². The third kappa shape index (κ3) is 1.50. The maximum Gasteiger partial charge on any atom is 0.167 e. The van der Waals surface area contributed by atoms with Gasteiger partial charge in [0.15, 0.2) is 1.41 Å². The first-order chi connectivity index (χ1) is 6.66. The minimum Gasteiger partial charge on any atom is -0.351 e. The Bertz CT molecular complexity index is 304. The number of H-pyrrole nitrogens is 1. The van der Waals surface area contributed by atoms with Gasteiger partial charge in [-0.15, -0.1) is 0 Å². The third-order valence-corrected chi connectivity index (χ3v) is 2.48. The molecule has 2 rings (SSSR count). The zero-order valence-electron chi connectivity index (χ0n) is 9.32. The number of nitrogens with one attached hydrogen (secondary N) is 1. The Balaban J connectivity index is 2.14. The molecule has 0 saturated carbocycles. The van der Waals surface area contributed by atoms with Gasteiger partial charge in [-0.3, -0.25) is 0 Å². The smallest absolute Gasteiger partial charge is 0.167 e. The largest absolute Gasteiger partial charge is 0.351 e. The summed E-state index contributed by atoms with van der Waals surface area (Å²) in [6.45, 7) is 2.14. The highest BCUT2D eigenvalue weighted by Gasteiger charge is 2.19. The lowest BCUT2D eigenvalue weighted by atomic mass is 9.96. The molecule has 1 atom stereocenters. The Morgan fingerprint density at radius 2 is 2.83 bits per heavy atom. The number of piperidine rings is 1. The van der Waals surface area contributed by atoms with Crippen molar-refractivity contribution in [3.05, 3.63) is 18.2 Å². The first-order valence-corrected chi connectivity index (χ1v) is 4.40. The molecule has 0 amide bonds. The number of likely N-dealkylation sites (tertiary alicyclic amines) is 1. The van der Waals surface area contributed by atoms with Crippen LogP contribution in [0.3, 0.4) is 0 Å². The summed E-state index contributed by atoms with van der Waals surface area (Å²) >= 11 is 0. The van der Waals surface area contributed by atoms with Gasteiger partial charge in [0.05, 0.1) is 12.0 Å². The fourth-order valence-electron chi connectivity index (χ4n) is 1.81. The van der Waals surface area contributed by atoms with E-state index in [4.69, 9.17) is 2.78 Å². The monoisotopic (exact) mass is 167 g/mol. The number of aromatic amines is 1. The van der Waals surface area contributed by atoms with Crippen molar-refractivity contribution >= 4 is 0 Å². The summed E-state index contributed by atoms with van der Waals surface area (Å²) in [5.41, 5.74) is 0.900. The molecule has 1 aliphatic heterocycles. The van der Waals surface area contributed by atoms with Crippen molar-refractivity contribution in [3.63, 3.8) is 0 Å². The zero-order chi connectivity index (χ0) is 10.1. The molecule has 1 saturated heterocycles. The first kappa shape index (κ1) is 5.75. The predicted molar refractivity (Wildman–Crippen MR) is 48.1 cm³/mol. The van der Waals surface area contributed by atoms with Gasteiger partial charge in [0.1, 0.15) is 1.37 Å². The molecule has 0 aliphatic carbocycles. The van der Waals surface area contributed by atoms with Crippen LogP contribution in [0, 0.1) is 0 Å². The van der Waals surface area contributed by atoms with Gasteiger partial charge in [0.2, 0.25) is 0 Å². The second-order valence-electron chi connectivity index (χ2n) is 3.50. The number of imidazole rings is 1. The molecule has 0 aromatic carbocycles. The van der Waals surface area contributed by atoms with Crippen LogP contribution in [0.15, 0.2) is 12.5 Å². The molecule has 3 nitrogen and oxygen atoms in total.